The highest BCUT2D eigenvalue weighted by molar-refractivity contribution is 6.00. The van der Waals surface area contributed by atoms with E-state index in [1.165, 1.54) is 0 Å². The van der Waals surface area contributed by atoms with Gasteiger partial charge in [0.2, 0.25) is 0 Å². The molecule has 1 aromatic carbocycles. The Bertz CT molecular complexity index is 481. The molecule has 0 unspecified atom stereocenters. The van der Waals surface area contributed by atoms with Crippen LogP contribution >= 0.6 is 0 Å². The van der Waals surface area contributed by atoms with E-state index in [-0.39, 0.29) is 5.78 Å². The van der Waals surface area contributed by atoms with Gasteiger partial charge in [-0.25, -0.2) is 0 Å². The summed E-state index contributed by atoms with van der Waals surface area (Å²) in [6, 6.07) is 6.92. The van der Waals surface area contributed by atoms with Crippen molar-refractivity contribution in [1.82, 2.24) is 0 Å². The van der Waals surface area contributed by atoms with E-state index in [4.69, 9.17) is 4.74 Å². The summed E-state index contributed by atoms with van der Waals surface area (Å²) in [5, 5.41) is 9.23. The fourth-order valence-electron chi connectivity index (χ4n) is 2.73. The van der Waals surface area contributed by atoms with Gasteiger partial charge < -0.3 is 9.84 Å². The third-order valence-corrected chi connectivity index (χ3v) is 3.77. The molecule has 2 atom stereocenters. The first-order valence-electron chi connectivity index (χ1n) is 6.54. The molecule has 0 bridgehead atoms. The lowest BCUT2D eigenvalue weighted by Gasteiger charge is -2.27. The largest absolute Gasteiger partial charge is 0.497 e. The van der Waals surface area contributed by atoms with Gasteiger partial charge in [-0.2, -0.15) is 0 Å². The van der Waals surface area contributed by atoms with E-state index in [0.717, 1.165) is 12.8 Å². The number of benzene rings is 1. The molecule has 1 aliphatic carbocycles. The summed E-state index contributed by atoms with van der Waals surface area (Å²) in [5.41, 5.74) is 0.539. The van der Waals surface area contributed by atoms with Crippen LogP contribution in [-0.4, -0.2) is 24.0 Å². The number of hydrogen-bond donors (Lipinski definition) is 1. The van der Waals surface area contributed by atoms with E-state index in [1.54, 1.807) is 31.4 Å². The summed E-state index contributed by atoms with van der Waals surface area (Å²) < 4.78 is 5.10. The summed E-state index contributed by atoms with van der Waals surface area (Å²) in [4.78, 5) is 23.7. The summed E-state index contributed by atoms with van der Waals surface area (Å²) in [6.45, 7) is 0. The van der Waals surface area contributed by atoms with Gasteiger partial charge in [-0.05, 0) is 25.0 Å². The normalized spacial score (nSPS) is 22.8. The zero-order chi connectivity index (χ0) is 13.8. The van der Waals surface area contributed by atoms with Gasteiger partial charge >= 0.3 is 5.97 Å². The Morgan fingerprint density at radius 3 is 2.53 bits per heavy atom. The fraction of sp³-hybridized carbons (Fsp3) is 0.467. The molecule has 0 saturated heterocycles. The molecular formula is C15H18O4. The zero-order valence-electron chi connectivity index (χ0n) is 11.0. The first-order chi connectivity index (χ1) is 9.13. The highest BCUT2D eigenvalue weighted by Crippen LogP contribution is 2.33. The molecule has 0 spiro atoms. The minimum atomic E-state index is -0.860. The minimum Gasteiger partial charge on any atom is -0.497 e. The Morgan fingerprint density at radius 2 is 1.89 bits per heavy atom. The van der Waals surface area contributed by atoms with E-state index in [1.807, 2.05) is 0 Å². The molecule has 0 amide bonds. The highest BCUT2D eigenvalue weighted by atomic mass is 16.5. The van der Waals surface area contributed by atoms with Crippen molar-refractivity contribution in [2.45, 2.75) is 25.7 Å². The molecular weight excluding hydrogens is 244 g/mol. The van der Waals surface area contributed by atoms with Crippen LogP contribution in [0.2, 0.25) is 0 Å². The Balaban J connectivity index is 2.23. The number of methoxy groups -OCH3 is 1. The molecule has 1 N–H and O–H groups in total. The molecule has 4 heteroatoms. The van der Waals surface area contributed by atoms with Crippen LogP contribution in [0.5, 0.6) is 5.75 Å². The zero-order valence-corrected chi connectivity index (χ0v) is 11.0. The summed E-state index contributed by atoms with van der Waals surface area (Å²) >= 11 is 0. The second-order valence-electron chi connectivity index (χ2n) is 4.93. The molecule has 1 fully saturated rings. The maximum Gasteiger partial charge on any atom is 0.307 e. The maximum atomic E-state index is 12.5. The molecule has 0 aliphatic heterocycles. The van der Waals surface area contributed by atoms with Gasteiger partial charge in [0.25, 0.3) is 0 Å². The minimum absolute atomic E-state index is 0.0778. The fourth-order valence-corrected chi connectivity index (χ4v) is 2.73. The lowest BCUT2D eigenvalue weighted by molar-refractivity contribution is -0.144. The van der Waals surface area contributed by atoms with Crippen LogP contribution in [0, 0.1) is 11.8 Å². The lowest BCUT2D eigenvalue weighted by atomic mass is 9.75. The quantitative estimate of drug-likeness (QED) is 0.847. The smallest absolute Gasteiger partial charge is 0.307 e. The number of Topliss-reactive ketones (excluding diaryl/α,β-unsaturated/α-hetero) is 1. The van der Waals surface area contributed by atoms with Crippen LogP contribution in [0.15, 0.2) is 24.3 Å². The number of ketones is 1. The number of ether oxygens (including phenoxy) is 1. The molecule has 1 aliphatic rings. The van der Waals surface area contributed by atoms with Crippen molar-refractivity contribution in [2.75, 3.05) is 7.11 Å². The van der Waals surface area contributed by atoms with Crippen molar-refractivity contribution >= 4 is 11.8 Å². The average molecular weight is 262 g/mol. The number of carbonyl (C=O) groups is 2. The van der Waals surface area contributed by atoms with E-state index in [0.29, 0.717) is 24.2 Å². The third-order valence-electron chi connectivity index (χ3n) is 3.77. The molecule has 19 heavy (non-hydrogen) atoms. The molecule has 0 heterocycles. The third kappa shape index (κ3) is 2.95. The van der Waals surface area contributed by atoms with Gasteiger partial charge in [0.15, 0.2) is 5.78 Å². The van der Waals surface area contributed by atoms with E-state index < -0.39 is 17.8 Å². The predicted octanol–water partition coefficient (Wildman–Crippen LogP) is 2.77. The van der Waals surface area contributed by atoms with Gasteiger partial charge in [-0.3, -0.25) is 9.59 Å². The monoisotopic (exact) mass is 262 g/mol. The van der Waals surface area contributed by atoms with Crippen LogP contribution in [0.4, 0.5) is 0 Å². The number of carbonyl (C=O) groups excluding carboxylic acids is 1. The molecule has 102 valence electrons. The summed E-state index contributed by atoms with van der Waals surface area (Å²) in [7, 11) is 1.55. The second kappa shape index (κ2) is 5.87. The van der Waals surface area contributed by atoms with Crippen molar-refractivity contribution in [1.29, 1.82) is 0 Å². The van der Waals surface area contributed by atoms with E-state index in [9.17, 15) is 14.7 Å². The topological polar surface area (TPSA) is 63.6 Å². The lowest BCUT2D eigenvalue weighted by Crippen LogP contribution is -2.32. The van der Waals surface area contributed by atoms with Crippen molar-refractivity contribution in [3.05, 3.63) is 29.8 Å². The first kappa shape index (κ1) is 13.6. The van der Waals surface area contributed by atoms with Crippen LogP contribution in [0.1, 0.15) is 36.0 Å². The standard InChI is InChI=1S/C15H18O4/c1-19-11-6-4-5-10(9-11)14(16)12-7-2-3-8-13(12)15(17)18/h4-6,9,12-13H,2-3,7-8H2,1H3,(H,17,18)/t12-,13+/m1/s1. The summed E-state index contributed by atoms with van der Waals surface area (Å²) in [5.74, 6) is -1.27. The van der Waals surface area contributed by atoms with Crippen LogP contribution < -0.4 is 4.74 Å². The van der Waals surface area contributed by atoms with Crippen molar-refractivity contribution in [3.63, 3.8) is 0 Å². The van der Waals surface area contributed by atoms with Gasteiger partial charge in [0.1, 0.15) is 5.75 Å². The number of carboxylic acid groups (broad SMARTS) is 1. The Kier molecular flexibility index (Phi) is 4.20. The second-order valence-corrected chi connectivity index (χ2v) is 4.93. The van der Waals surface area contributed by atoms with Gasteiger partial charge in [0, 0.05) is 11.5 Å². The van der Waals surface area contributed by atoms with Crippen molar-refractivity contribution in [2.24, 2.45) is 11.8 Å². The number of carboxylic acids is 1. The number of hydrogen-bond acceptors (Lipinski definition) is 3. The van der Waals surface area contributed by atoms with Gasteiger partial charge in [0.05, 0.1) is 13.0 Å². The molecule has 0 aromatic heterocycles. The predicted molar refractivity (Wildman–Crippen MR) is 70.4 cm³/mol. The van der Waals surface area contributed by atoms with Crippen LogP contribution in [-0.2, 0) is 4.79 Å². The Hall–Kier alpha value is -1.84. The first-order valence-corrected chi connectivity index (χ1v) is 6.54. The van der Waals surface area contributed by atoms with Crippen molar-refractivity contribution < 1.29 is 19.4 Å². The SMILES string of the molecule is COc1cccc(C(=O)[C@@H]2CCCC[C@@H]2C(=O)O)c1. The Morgan fingerprint density at radius 1 is 1.21 bits per heavy atom. The molecule has 1 aromatic rings. The van der Waals surface area contributed by atoms with E-state index >= 15 is 0 Å². The Labute approximate surface area is 112 Å². The molecule has 4 nitrogen and oxygen atoms in total. The van der Waals surface area contributed by atoms with Crippen LogP contribution in [0.3, 0.4) is 0 Å². The van der Waals surface area contributed by atoms with Gasteiger partial charge in [-0.1, -0.05) is 25.0 Å². The number of aliphatic carboxylic acids is 1. The molecule has 1 saturated carbocycles. The highest BCUT2D eigenvalue weighted by Gasteiger charge is 2.35. The van der Waals surface area contributed by atoms with E-state index in [2.05, 4.69) is 0 Å². The van der Waals surface area contributed by atoms with Crippen molar-refractivity contribution in [3.8, 4) is 5.75 Å². The maximum absolute atomic E-state index is 12.5. The molecule has 2 rings (SSSR count). The summed E-state index contributed by atoms with van der Waals surface area (Å²) in [6.07, 6.45) is 3.06. The van der Waals surface area contributed by atoms with Gasteiger partial charge in [-0.15, -0.1) is 0 Å². The average Bonchev–Trinajstić information content (AvgIpc) is 2.46. The van der Waals surface area contributed by atoms with Crippen LogP contribution in [0.25, 0.3) is 0 Å². The molecule has 0 radical (unpaired) electrons. The number of rotatable bonds is 4.